The highest BCUT2D eigenvalue weighted by Gasteiger charge is 2.43. The molecule has 0 spiro atoms. The van der Waals surface area contributed by atoms with E-state index in [-0.39, 0.29) is 16.8 Å². The molecule has 0 bridgehead atoms. The fourth-order valence-electron chi connectivity index (χ4n) is 4.33. The lowest BCUT2D eigenvalue weighted by Gasteiger charge is -2.25. The Morgan fingerprint density at radius 3 is 2.57 bits per heavy atom. The number of fused-ring (bicyclic) bond motifs is 2. The molecule has 0 aliphatic carbocycles. The monoisotopic (exact) mass is 487 g/mol. The van der Waals surface area contributed by atoms with E-state index in [4.69, 9.17) is 25.5 Å². The quantitative estimate of drug-likeness (QED) is 0.292. The summed E-state index contributed by atoms with van der Waals surface area (Å²) < 4.78 is 17.3. The van der Waals surface area contributed by atoms with Gasteiger partial charge in [0.15, 0.2) is 5.43 Å². The average Bonchev–Trinajstić information content (AvgIpc) is 3.16. The molecule has 1 unspecified atom stereocenters. The number of rotatable bonds is 7. The smallest absolute Gasteiger partial charge is 0.295 e. The van der Waals surface area contributed by atoms with Crippen LogP contribution in [0.1, 0.15) is 34.6 Å². The van der Waals surface area contributed by atoms with E-state index < -0.39 is 11.9 Å². The number of anilines is 1. The normalized spacial score (nSPS) is 14.7. The number of hydrogen-bond acceptors (Lipinski definition) is 5. The van der Waals surface area contributed by atoms with E-state index in [1.807, 2.05) is 31.2 Å². The van der Waals surface area contributed by atoms with Gasteiger partial charge in [0.05, 0.1) is 23.6 Å². The van der Waals surface area contributed by atoms with E-state index in [9.17, 15) is 9.59 Å². The van der Waals surface area contributed by atoms with Crippen LogP contribution in [0.2, 0.25) is 5.02 Å². The van der Waals surface area contributed by atoms with Crippen molar-refractivity contribution in [3.63, 3.8) is 0 Å². The molecule has 0 saturated heterocycles. The zero-order chi connectivity index (χ0) is 24.5. The van der Waals surface area contributed by atoms with Crippen molar-refractivity contribution < 1.29 is 18.7 Å². The highest BCUT2D eigenvalue weighted by Crippen LogP contribution is 2.42. The maximum absolute atomic E-state index is 13.7. The molecule has 4 aromatic rings. The van der Waals surface area contributed by atoms with Crippen LogP contribution in [0, 0.1) is 0 Å². The molecular weight excluding hydrogens is 466 g/mol. The highest BCUT2D eigenvalue weighted by atomic mass is 35.5. The van der Waals surface area contributed by atoms with Crippen molar-refractivity contribution >= 4 is 34.2 Å². The van der Waals surface area contributed by atoms with Gasteiger partial charge >= 0.3 is 0 Å². The molecule has 7 heteroatoms. The predicted octanol–water partition coefficient (Wildman–Crippen LogP) is 6.16. The largest absolute Gasteiger partial charge is 0.494 e. The Morgan fingerprint density at radius 2 is 1.83 bits per heavy atom. The van der Waals surface area contributed by atoms with Crippen LogP contribution in [0.15, 0.2) is 88.6 Å². The molecule has 5 rings (SSSR count). The van der Waals surface area contributed by atoms with Crippen LogP contribution in [0.25, 0.3) is 11.0 Å². The lowest BCUT2D eigenvalue weighted by atomic mass is 9.98. The molecule has 1 amide bonds. The molecule has 0 radical (unpaired) electrons. The van der Waals surface area contributed by atoms with Gasteiger partial charge in [0.25, 0.3) is 5.91 Å². The van der Waals surface area contributed by atoms with Crippen LogP contribution in [-0.4, -0.2) is 19.1 Å². The van der Waals surface area contributed by atoms with E-state index >= 15 is 0 Å². The van der Waals surface area contributed by atoms with Crippen LogP contribution >= 0.6 is 11.6 Å². The maximum Gasteiger partial charge on any atom is 0.295 e. The van der Waals surface area contributed by atoms with Gasteiger partial charge in [-0.25, -0.2) is 0 Å². The van der Waals surface area contributed by atoms with E-state index in [1.165, 1.54) is 0 Å². The van der Waals surface area contributed by atoms with Gasteiger partial charge in [-0.15, -0.1) is 0 Å². The lowest BCUT2D eigenvalue weighted by Crippen LogP contribution is -2.29. The molecule has 3 aromatic carbocycles. The minimum atomic E-state index is -0.720. The summed E-state index contributed by atoms with van der Waals surface area (Å²) in [6.07, 6.45) is 1.65. The van der Waals surface area contributed by atoms with Crippen LogP contribution in [0.5, 0.6) is 11.5 Å². The van der Waals surface area contributed by atoms with Crippen LogP contribution in [-0.2, 0) is 0 Å². The van der Waals surface area contributed by atoms with Gasteiger partial charge in [-0.3, -0.25) is 14.5 Å². The van der Waals surface area contributed by atoms with Crippen molar-refractivity contribution in [1.29, 1.82) is 0 Å². The number of nitrogens with zero attached hydrogens (tertiary/aromatic N) is 1. The third kappa shape index (κ3) is 4.06. The van der Waals surface area contributed by atoms with Crippen molar-refractivity contribution in [1.82, 2.24) is 0 Å². The average molecular weight is 488 g/mol. The Bertz CT molecular complexity index is 1490. The summed E-state index contributed by atoms with van der Waals surface area (Å²) in [6, 6.07) is 18.6. The lowest BCUT2D eigenvalue weighted by molar-refractivity contribution is 0.0971. The number of carbonyl (C=O) groups excluding carboxylic acids is 1. The SMILES string of the molecule is C=CCOc1cccc(C2c3c(oc4ccc(Cl)cc4c3=O)C(=O)N2c2ccc(OCC)cc2)c1. The Labute approximate surface area is 207 Å². The second-order valence-corrected chi connectivity index (χ2v) is 8.43. The minimum Gasteiger partial charge on any atom is -0.494 e. The summed E-state index contributed by atoms with van der Waals surface area (Å²) in [4.78, 5) is 29.0. The van der Waals surface area contributed by atoms with E-state index in [0.717, 1.165) is 0 Å². The first kappa shape index (κ1) is 22.7. The van der Waals surface area contributed by atoms with Gasteiger partial charge in [0.1, 0.15) is 23.7 Å². The van der Waals surface area contributed by atoms with Gasteiger partial charge in [-0.05, 0) is 67.1 Å². The Hall–Kier alpha value is -4.03. The number of ether oxygens (including phenoxy) is 2. The van der Waals surface area contributed by atoms with Crippen molar-refractivity contribution in [2.24, 2.45) is 0 Å². The Kier molecular flexibility index (Phi) is 6.05. The number of carbonyl (C=O) groups is 1. The molecule has 1 aromatic heterocycles. The van der Waals surface area contributed by atoms with E-state index in [1.54, 1.807) is 53.4 Å². The first-order valence-corrected chi connectivity index (χ1v) is 11.6. The molecule has 1 aliphatic rings. The molecule has 2 heterocycles. The molecule has 6 nitrogen and oxygen atoms in total. The summed E-state index contributed by atoms with van der Waals surface area (Å²) in [5, 5.41) is 0.732. The second-order valence-electron chi connectivity index (χ2n) is 7.99. The van der Waals surface area contributed by atoms with Gasteiger partial charge in [0.2, 0.25) is 5.76 Å². The fourth-order valence-corrected chi connectivity index (χ4v) is 4.50. The molecule has 0 N–H and O–H groups in total. The molecule has 0 saturated carbocycles. The molecule has 176 valence electrons. The summed E-state index contributed by atoms with van der Waals surface area (Å²) in [6.45, 7) is 6.45. The fraction of sp³-hybridized carbons (Fsp3) is 0.143. The Morgan fingerprint density at radius 1 is 1.03 bits per heavy atom. The third-order valence-electron chi connectivity index (χ3n) is 5.80. The summed E-state index contributed by atoms with van der Waals surface area (Å²) >= 11 is 6.16. The van der Waals surface area contributed by atoms with Crippen molar-refractivity contribution in [3.05, 3.63) is 112 Å². The number of amides is 1. The summed E-state index contributed by atoms with van der Waals surface area (Å²) in [7, 11) is 0. The predicted molar refractivity (Wildman–Crippen MR) is 136 cm³/mol. The topological polar surface area (TPSA) is 69.0 Å². The molecular formula is C28H22ClNO5. The first-order valence-electron chi connectivity index (χ1n) is 11.2. The summed E-state index contributed by atoms with van der Waals surface area (Å²) in [5.41, 5.74) is 1.59. The minimum absolute atomic E-state index is 0.0149. The Balaban J connectivity index is 1.72. The van der Waals surface area contributed by atoms with Gasteiger partial charge in [0, 0.05) is 10.7 Å². The second kappa shape index (κ2) is 9.31. The van der Waals surface area contributed by atoms with Gasteiger partial charge in [-0.1, -0.05) is 36.4 Å². The van der Waals surface area contributed by atoms with E-state index in [2.05, 4.69) is 6.58 Å². The van der Waals surface area contributed by atoms with Crippen molar-refractivity contribution in [3.8, 4) is 11.5 Å². The van der Waals surface area contributed by atoms with E-state index in [0.29, 0.717) is 52.0 Å². The molecule has 35 heavy (non-hydrogen) atoms. The standard InChI is InChI=1S/C28H22ClNO5/c1-3-14-34-21-7-5-6-17(15-21)25-24-26(31)22-16-18(29)8-13-23(22)35-27(24)28(32)30(25)19-9-11-20(12-10-19)33-4-2/h3,5-13,15-16,25H,1,4,14H2,2H3. The third-order valence-corrected chi connectivity index (χ3v) is 6.03. The maximum atomic E-state index is 13.7. The number of hydrogen-bond donors (Lipinski definition) is 0. The van der Waals surface area contributed by atoms with Gasteiger partial charge < -0.3 is 13.9 Å². The number of halogens is 1. The van der Waals surface area contributed by atoms with Crippen molar-refractivity contribution in [2.75, 3.05) is 18.1 Å². The van der Waals surface area contributed by atoms with Crippen LogP contribution in [0.4, 0.5) is 5.69 Å². The zero-order valence-corrected chi connectivity index (χ0v) is 19.7. The highest BCUT2D eigenvalue weighted by molar-refractivity contribution is 6.31. The van der Waals surface area contributed by atoms with Crippen LogP contribution in [0.3, 0.4) is 0 Å². The van der Waals surface area contributed by atoms with Gasteiger partial charge in [-0.2, -0.15) is 0 Å². The van der Waals surface area contributed by atoms with Crippen LogP contribution < -0.4 is 19.8 Å². The summed E-state index contributed by atoms with van der Waals surface area (Å²) in [5.74, 6) is 0.899. The molecule has 0 fully saturated rings. The zero-order valence-electron chi connectivity index (χ0n) is 19.0. The number of benzene rings is 3. The first-order chi connectivity index (χ1) is 17.0. The van der Waals surface area contributed by atoms with Crippen molar-refractivity contribution in [2.45, 2.75) is 13.0 Å². The molecule has 1 aliphatic heterocycles. The molecule has 1 atom stereocenters.